The van der Waals surface area contributed by atoms with E-state index in [0.29, 0.717) is 10.6 Å². The minimum Gasteiger partial charge on any atom is -0.468 e. The van der Waals surface area contributed by atoms with Crippen molar-refractivity contribution in [1.82, 2.24) is 0 Å². The number of ketones is 1. The van der Waals surface area contributed by atoms with Crippen LogP contribution in [0.2, 0.25) is 0 Å². The van der Waals surface area contributed by atoms with E-state index in [4.69, 9.17) is 0 Å². The van der Waals surface area contributed by atoms with E-state index in [2.05, 4.69) is 4.74 Å². The van der Waals surface area contributed by atoms with Gasteiger partial charge in [0.05, 0.1) is 7.11 Å². The van der Waals surface area contributed by atoms with Crippen molar-refractivity contribution in [1.29, 1.82) is 0 Å². The van der Waals surface area contributed by atoms with Gasteiger partial charge in [0.15, 0.2) is 5.78 Å². The third-order valence-electron chi connectivity index (χ3n) is 2.84. The fourth-order valence-corrected chi connectivity index (χ4v) is 2.93. The predicted molar refractivity (Wildman–Crippen MR) is 61.6 cm³/mol. The van der Waals surface area contributed by atoms with Gasteiger partial charge in [-0.05, 0) is 25.1 Å². The molecule has 0 N–H and O–H groups in total. The van der Waals surface area contributed by atoms with Crippen LogP contribution in [0.15, 0.2) is 23.1 Å². The summed E-state index contributed by atoms with van der Waals surface area (Å²) in [6.07, 6.45) is 0. The lowest BCUT2D eigenvalue weighted by Crippen LogP contribution is -2.42. The number of halogens is 1. The Balaban J connectivity index is 2.48. The Hall–Kier alpha value is -1.36. The molecule has 3 nitrogen and oxygen atoms in total. The minimum atomic E-state index is -1.22. The second kappa shape index (κ2) is 4.14. The van der Waals surface area contributed by atoms with Crippen LogP contribution in [0.4, 0.5) is 4.39 Å². The summed E-state index contributed by atoms with van der Waals surface area (Å²) < 4.78 is 17.8. The molecule has 1 heterocycles. The zero-order chi connectivity index (χ0) is 12.6. The number of esters is 1. The van der Waals surface area contributed by atoms with Crippen molar-refractivity contribution in [3.63, 3.8) is 0 Å². The smallest absolute Gasteiger partial charge is 0.320 e. The molecule has 17 heavy (non-hydrogen) atoms. The van der Waals surface area contributed by atoms with E-state index in [1.165, 1.54) is 37.9 Å². The van der Waals surface area contributed by atoms with E-state index in [0.717, 1.165) is 0 Å². The zero-order valence-corrected chi connectivity index (χ0v) is 10.3. The van der Waals surface area contributed by atoms with Crippen molar-refractivity contribution >= 4 is 23.5 Å². The number of carbonyl (C=O) groups is 2. The first-order valence-electron chi connectivity index (χ1n) is 5.04. The lowest BCUT2D eigenvalue weighted by atomic mass is 9.83. The van der Waals surface area contributed by atoms with E-state index in [9.17, 15) is 14.0 Å². The highest BCUT2D eigenvalue weighted by Gasteiger charge is 2.46. The quantitative estimate of drug-likeness (QED) is 0.569. The molecule has 2 rings (SSSR count). The molecule has 0 spiro atoms. The van der Waals surface area contributed by atoms with Gasteiger partial charge < -0.3 is 4.74 Å². The van der Waals surface area contributed by atoms with Gasteiger partial charge in [-0.15, -0.1) is 11.8 Å². The lowest BCUT2D eigenvalue weighted by Gasteiger charge is -2.29. The lowest BCUT2D eigenvalue weighted by molar-refractivity contribution is -0.147. The van der Waals surface area contributed by atoms with E-state index in [1.54, 1.807) is 6.07 Å². The topological polar surface area (TPSA) is 43.4 Å². The monoisotopic (exact) mass is 254 g/mol. The average Bonchev–Trinajstić information content (AvgIpc) is 2.33. The van der Waals surface area contributed by atoms with Gasteiger partial charge in [0.25, 0.3) is 0 Å². The number of Topliss-reactive ketones (excluding diaryl/α,β-unsaturated/α-hetero) is 1. The van der Waals surface area contributed by atoms with Crippen molar-refractivity contribution in [2.24, 2.45) is 5.41 Å². The maximum atomic E-state index is 13.1. The molecule has 1 aliphatic heterocycles. The van der Waals surface area contributed by atoms with Crippen LogP contribution in [0.25, 0.3) is 0 Å². The van der Waals surface area contributed by atoms with Crippen LogP contribution in [0.5, 0.6) is 0 Å². The van der Waals surface area contributed by atoms with Gasteiger partial charge in [-0.1, -0.05) is 0 Å². The van der Waals surface area contributed by atoms with Gasteiger partial charge >= 0.3 is 5.97 Å². The molecule has 1 unspecified atom stereocenters. The molecule has 1 atom stereocenters. The van der Waals surface area contributed by atoms with Crippen LogP contribution in [-0.2, 0) is 9.53 Å². The Morgan fingerprint density at radius 2 is 2.24 bits per heavy atom. The molecule has 1 aromatic rings. The van der Waals surface area contributed by atoms with E-state index < -0.39 is 17.2 Å². The Morgan fingerprint density at radius 1 is 1.53 bits per heavy atom. The first kappa shape index (κ1) is 12.1. The van der Waals surface area contributed by atoms with Crippen molar-refractivity contribution in [3.05, 3.63) is 29.6 Å². The predicted octanol–water partition coefficient (Wildman–Crippen LogP) is 2.29. The summed E-state index contributed by atoms with van der Waals surface area (Å²) >= 11 is 1.36. The summed E-state index contributed by atoms with van der Waals surface area (Å²) in [6.45, 7) is 1.53. The maximum absolute atomic E-state index is 13.1. The molecule has 0 saturated heterocycles. The van der Waals surface area contributed by atoms with Gasteiger partial charge in [0.1, 0.15) is 11.2 Å². The Bertz CT molecular complexity index is 501. The largest absolute Gasteiger partial charge is 0.468 e. The summed E-state index contributed by atoms with van der Waals surface area (Å²) in [5.41, 5.74) is -0.964. The first-order valence-corrected chi connectivity index (χ1v) is 6.03. The Labute approximate surface area is 102 Å². The number of hydrogen-bond acceptors (Lipinski definition) is 4. The van der Waals surface area contributed by atoms with Gasteiger partial charge in [-0.25, -0.2) is 4.39 Å². The molecule has 5 heteroatoms. The molecule has 90 valence electrons. The molecular weight excluding hydrogens is 243 g/mol. The molecule has 0 amide bonds. The number of fused-ring (bicyclic) bond motifs is 1. The number of carbonyl (C=O) groups excluding carboxylic acids is 2. The highest BCUT2D eigenvalue weighted by atomic mass is 32.2. The Morgan fingerprint density at radius 3 is 2.88 bits per heavy atom. The zero-order valence-electron chi connectivity index (χ0n) is 9.45. The van der Waals surface area contributed by atoms with Crippen LogP contribution in [0.1, 0.15) is 17.3 Å². The van der Waals surface area contributed by atoms with Crippen molar-refractivity contribution in [3.8, 4) is 0 Å². The molecule has 1 aliphatic rings. The maximum Gasteiger partial charge on any atom is 0.320 e. The number of methoxy groups -OCH3 is 1. The Kier molecular flexibility index (Phi) is 2.95. The van der Waals surface area contributed by atoms with E-state index in [1.807, 2.05) is 0 Å². The number of hydrogen-bond donors (Lipinski definition) is 0. The van der Waals surface area contributed by atoms with Crippen molar-refractivity contribution < 1.29 is 18.7 Å². The van der Waals surface area contributed by atoms with Crippen LogP contribution in [-0.4, -0.2) is 24.6 Å². The summed E-state index contributed by atoms with van der Waals surface area (Å²) in [7, 11) is 1.24. The van der Waals surface area contributed by atoms with E-state index >= 15 is 0 Å². The summed E-state index contributed by atoms with van der Waals surface area (Å²) in [6, 6.07) is 4.04. The molecule has 0 fully saturated rings. The number of thioether (sulfide) groups is 1. The number of rotatable bonds is 1. The SMILES string of the molecule is COC(=O)C1(C)CSc2ccc(F)cc2C1=O. The molecule has 0 bridgehead atoms. The van der Waals surface area contributed by atoms with Crippen LogP contribution in [0.3, 0.4) is 0 Å². The second-order valence-corrected chi connectivity index (χ2v) is 5.10. The summed E-state index contributed by atoms with van der Waals surface area (Å²) in [5, 5.41) is 0. The summed E-state index contributed by atoms with van der Waals surface area (Å²) in [4.78, 5) is 24.6. The number of benzene rings is 1. The van der Waals surface area contributed by atoms with Gasteiger partial charge in [-0.3, -0.25) is 9.59 Å². The van der Waals surface area contributed by atoms with E-state index in [-0.39, 0.29) is 11.3 Å². The molecule has 0 aliphatic carbocycles. The van der Waals surface area contributed by atoms with Crippen molar-refractivity contribution in [2.45, 2.75) is 11.8 Å². The highest BCUT2D eigenvalue weighted by Crippen LogP contribution is 2.40. The minimum absolute atomic E-state index is 0.258. The average molecular weight is 254 g/mol. The highest BCUT2D eigenvalue weighted by molar-refractivity contribution is 7.99. The van der Waals surface area contributed by atoms with Crippen LogP contribution < -0.4 is 0 Å². The van der Waals surface area contributed by atoms with Crippen LogP contribution >= 0.6 is 11.8 Å². The molecule has 1 aromatic carbocycles. The second-order valence-electron chi connectivity index (χ2n) is 4.08. The fourth-order valence-electron chi connectivity index (χ4n) is 1.77. The number of ether oxygens (including phenoxy) is 1. The molecule has 0 aromatic heterocycles. The van der Waals surface area contributed by atoms with Gasteiger partial charge in [-0.2, -0.15) is 0 Å². The molecule has 0 saturated carbocycles. The van der Waals surface area contributed by atoms with Gasteiger partial charge in [0.2, 0.25) is 0 Å². The third-order valence-corrected chi connectivity index (χ3v) is 4.23. The third kappa shape index (κ3) is 1.84. The normalized spacial score (nSPS) is 23.1. The first-order chi connectivity index (χ1) is 7.99. The van der Waals surface area contributed by atoms with Crippen molar-refractivity contribution in [2.75, 3.05) is 12.9 Å². The fraction of sp³-hybridized carbons (Fsp3) is 0.333. The summed E-state index contributed by atoms with van der Waals surface area (Å²) in [5.74, 6) is -1.12. The molecular formula is C12H11FO3S. The van der Waals surface area contributed by atoms with Gasteiger partial charge in [0, 0.05) is 16.2 Å². The molecule has 0 radical (unpaired) electrons. The standard InChI is InChI=1S/C12H11FO3S/c1-12(11(15)16-2)6-17-9-4-3-7(13)5-8(9)10(12)14/h3-5H,6H2,1-2H3. The van der Waals surface area contributed by atoms with Crippen LogP contribution in [0, 0.1) is 11.2 Å².